The Labute approximate surface area is 263 Å². The zero-order valence-corrected chi connectivity index (χ0v) is 28.7. The SMILES string of the molecule is CCCCCCCCCCCCCCCCC(CCCCCCCCCCCC)(C(=O)OCCCC)c1ccccc1. The Morgan fingerprint density at radius 1 is 0.476 bits per heavy atom. The van der Waals surface area contributed by atoms with E-state index in [2.05, 4.69) is 51.1 Å². The van der Waals surface area contributed by atoms with Gasteiger partial charge in [0, 0.05) is 0 Å². The predicted molar refractivity (Wildman–Crippen MR) is 185 cm³/mol. The van der Waals surface area contributed by atoms with Crippen LogP contribution >= 0.6 is 0 Å². The van der Waals surface area contributed by atoms with E-state index in [1.165, 1.54) is 147 Å². The molecule has 0 aliphatic heterocycles. The number of benzene rings is 1. The molecular weight excluding hydrogens is 512 g/mol. The summed E-state index contributed by atoms with van der Waals surface area (Å²) in [5.74, 6) is 0.0350. The Bertz CT molecular complexity index is 699. The van der Waals surface area contributed by atoms with Crippen LogP contribution in [0.5, 0.6) is 0 Å². The lowest BCUT2D eigenvalue weighted by Crippen LogP contribution is -2.38. The number of hydrogen-bond donors (Lipinski definition) is 0. The van der Waals surface area contributed by atoms with Gasteiger partial charge in [-0.2, -0.15) is 0 Å². The molecule has 42 heavy (non-hydrogen) atoms. The van der Waals surface area contributed by atoms with Crippen LogP contribution in [-0.4, -0.2) is 12.6 Å². The van der Waals surface area contributed by atoms with Crippen molar-refractivity contribution in [3.05, 3.63) is 35.9 Å². The second-order valence-corrected chi connectivity index (χ2v) is 13.2. The predicted octanol–water partition coefficient (Wildman–Crippen LogP) is 13.5. The second kappa shape index (κ2) is 28.5. The molecule has 0 amide bonds. The fourth-order valence-electron chi connectivity index (χ4n) is 6.48. The van der Waals surface area contributed by atoms with E-state index in [4.69, 9.17) is 4.74 Å². The molecule has 0 saturated carbocycles. The minimum atomic E-state index is -0.480. The van der Waals surface area contributed by atoms with Gasteiger partial charge in [-0.3, -0.25) is 4.79 Å². The third-order valence-electron chi connectivity index (χ3n) is 9.36. The van der Waals surface area contributed by atoms with Crippen LogP contribution in [0, 0.1) is 0 Å². The Kier molecular flexibility index (Phi) is 26.2. The monoisotopic (exact) mass is 585 g/mol. The molecule has 2 heteroatoms. The first-order chi connectivity index (χ1) is 20.7. The molecule has 0 fully saturated rings. The average molecular weight is 585 g/mol. The van der Waals surface area contributed by atoms with Gasteiger partial charge in [0.05, 0.1) is 12.0 Å². The van der Waals surface area contributed by atoms with Crippen molar-refractivity contribution in [2.45, 2.75) is 206 Å². The Hall–Kier alpha value is -1.31. The molecule has 0 aromatic heterocycles. The lowest BCUT2D eigenvalue weighted by molar-refractivity contribution is -0.151. The van der Waals surface area contributed by atoms with Crippen LogP contribution in [0.15, 0.2) is 30.3 Å². The van der Waals surface area contributed by atoms with E-state index in [0.717, 1.165) is 38.5 Å². The first-order valence-electron chi connectivity index (χ1n) is 18.9. The summed E-state index contributed by atoms with van der Waals surface area (Å²) < 4.78 is 5.98. The van der Waals surface area contributed by atoms with Crippen LogP contribution in [0.4, 0.5) is 0 Å². The summed E-state index contributed by atoms with van der Waals surface area (Å²) in [7, 11) is 0. The van der Waals surface area contributed by atoms with Crippen molar-refractivity contribution in [3.63, 3.8) is 0 Å². The average Bonchev–Trinajstić information content (AvgIpc) is 3.01. The summed E-state index contributed by atoms with van der Waals surface area (Å²) in [6, 6.07) is 10.6. The zero-order chi connectivity index (χ0) is 30.4. The molecule has 0 saturated heterocycles. The van der Waals surface area contributed by atoms with Gasteiger partial charge in [0.25, 0.3) is 0 Å². The van der Waals surface area contributed by atoms with Gasteiger partial charge in [0.15, 0.2) is 0 Å². The maximum atomic E-state index is 13.8. The number of hydrogen-bond acceptors (Lipinski definition) is 2. The number of carbonyl (C=O) groups excluding carboxylic acids is 1. The number of rotatable bonds is 31. The Balaban J connectivity index is 2.50. The molecule has 2 nitrogen and oxygen atoms in total. The first-order valence-corrected chi connectivity index (χ1v) is 18.9. The van der Waals surface area contributed by atoms with Gasteiger partial charge < -0.3 is 4.74 Å². The first kappa shape index (κ1) is 38.7. The van der Waals surface area contributed by atoms with Crippen molar-refractivity contribution in [1.29, 1.82) is 0 Å². The molecule has 0 N–H and O–H groups in total. The molecule has 0 aliphatic rings. The number of esters is 1. The van der Waals surface area contributed by atoms with Crippen molar-refractivity contribution < 1.29 is 9.53 Å². The van der Waals surface area contributed by atoms with Crippen molar-refractivity contribution in [2.75, 3.05) is 6.61 Å². The van der Waals surface area contributed by atoms with Crippen LogP contribution in [0.3, 0.4) is 0 Å². The fourth-order valence-corrected chi connectivity index (χ4v) is 6.48. The maximum absolute atomic E-state index is 13.8. The highest BCUT2D eigenvalue weighted by atomic mass is 16.5. The molecule has 0 heterocycles. The van der Waals surface area contributed by atoms with Crippen LogP contribution < -0.4 is 0 Å². The highest BCUT2D eigenvalue weighted by molar-refractivity contribution is 5.83. The molecule has 1 aromatic carbocycles. The molecule has 0 radical (unpaired) electrons. The lowest BCUT2D eigenvalue weighted by Gasteiger charge is -2.32. The molecule has 1 aromatic rings. The molecule has 1 rings (SSSR count). The van der Waals surface area contributed by atoms with Gasteiger partial charge in [-0.1, -0.05) is 212 Å². The summed E-state index contributed by atoms with van der Waals surface area (Å²) in [4.78, 5) is 13.8. The lowest BCUT2D eigenvalue weighted by atomic mass is 9.72. The van der Waals surface area contributed by atoms with E-state index < -0.39 is 5.41 Å². The molecule has 0 aliphatic carbocycles. The molecular formula is C40H72O2. The van der Waals surface area contributed by atoms with Crippen molar-refractivity contribution >= 4 is 5.97 Å². The van der Waals surface area contributed by atoms with Gasteiger partial charge in [0.1, 0.15) is 0 Å². The van der Waals surface area contributed by atoms with Crippen molar-refractivity contribution in [3.8, 4) is 0 Å². The molecule has 1 atom stereocenters. The molecule has 1 unspecified atom stereocenters. The number of carbonyl (C=O) groups is 1. The standard InChI is InChI=1S/C40H72O2/c1-4-7-10-12-14-16-18-19-20-21-23-25-27-32-36-40(38-33-29-28-30-34-38,39(41)42-37-9-6-3)35-31-26-24-22-17-15-13-11-8-5-2/h28-30,33-34H,4-27,31-32,35-37H2,1-3H3. The van der Waals surface area contributed by atoms with Crippen LogP contribution in [0.25, 0.3) is 0 Å². The summed E-state index contributed by atoms with van der Waals surface area (Å²) in [5, 5.41) is 0. The normalized spacial score (nSPS) is 12.8. The third-order valence-corrected chi connectivity index (χ3v) is 9.36. The highest BCUT2D eigenvalue weighted by Crippen LogP contribution is 2.37. The third kappa shape index (κ3) is 19.1. The molecule has 0 bridgehead atoms. The number of unbranched alkanes of at least 4 members (excludes halogenated alkanes) is 23. The van der Waals surface area contributed by atoms with Gasteiger partial charge in [-0.15, -0.1) is 0 Å². The van der Waals surface area contributed by atoms with Gasteiger partial charge in [-0.05, 0) is 24.8 Å². The van der Waals surface area contributed by atoms with E-state index in [1.54, 1.807) is 0 Å². The Morgan fingerprint density at radius 3 is 1.17 bits per heavy atom. The quantitative estimate of drug-likeness (QED) is 0.0641. The van der Waals surface area contributed by atoms with E-state index in [0.29, 0.717) is 6.61 Å². The maximum Gasteiger partial charge on any atom is 0.316 e. The second-order valence-electron chi connectivity index (χ2n) is 13.2. The summed E-state index contributed by atoms with van der Waals surface area (Å²) in [6.07, 6.45) is 36.2. The largest absolute Gasteiger partial charge is 0.465 e. The minimum Gasteiger partial charge on any atom is -0.465 e. The van der Waals surface area contributed by atoms with E-state index in [9.17, 15) is 4.79 Å². The summed E-state index contributed by atoms with van der Waals surface area (Å²) >= 11 is 0. The number of ether oxygens (including phenoxy) is 1. The van der Waals surface area contributed by atoms with Gasteiger partial charge in [-0.25, -0.2) is 0 Å². The topological polar surface area (TPSA) is 26.3 Å². The smallest absolute Gasteiger partial charge is 0.316 e. The van der Waals surface area contributed by atoms with Gasteiger partial charge in [0.2, 0.25) is 0 Å². The van der Waals surface area contributed by atoms with E-state index >= 15 is 0 Å². The van der Waals surface area contributed by atoms with Crippen LogP contribution in [0.2, 0.25) is 0 Å². The van der Waals surface area contributed by atoms with Crippen LogP contribution in [0.1, 0.15) is 206 Å². The van der Waals surface area contributed by atoms with Crippen LogP contribution in [-0.2, 0) is 14.9 Å². The molecule has 0 spiro atoms. The summed E-state index contributed by atoms with van der Waals surface area (Å²) in [5.41, 5.74) is 0.698. The van der Waals surface area contributed by atoms with E-state index in [1.807, 2.05) is 0 Å². The minimum absolute atomic E-state index is 0.0350. The Morgan fingerprint density at radius 2 is 0.810 bits per heavy atom. The summed E-state index contributed by atoms with van der Waals surface area (Å²) in [6.45, 7) is 7.30. The van der Waals surface area contributed by atoms with Crippen molar-refractivity contribution in [2.24, 2.45) is 0 Å². The van der Waals surface area contributed by atoms with Crippen molar-refractivity contribution in [1.82, 2.24) is 0 Å². The van der Waals surface area contributed by atoms with E-state index in [-0.39, 0.29) is 5.97 Å². The van der Waals surface area contributed by atoms with Gasteiger partial charge >= 0.3 is 5.97 Å². The zero-order valence-electron chi connectivity index (χ0n) is 28.7. The highest BCUT2D eigenvalue weighted by Gasteiger charge is 2.40. The molecule has 244 valence electrons. The fraction of sp³-hybridized carbons (Fsp3) is 0.825.